The lowest BCUT2D eigenvalue weighted by Crippen LogP contribution is -2.40. The molecule has 2 aliphatic rings. The number of amides is 1. The SMILES string of the molecule is C[C@@H]1CCCN(CCCNC(=O)C2CCNCC2)C1. The number of carbonyl (C=O) groups is 1. The number of nitrogens with zero attached hydrogens (tertiary/aromatic N) is 1. The summed E-state index contributed by atoms with van der Waals surface area (Å²) in [4.78, 5) is 14.5. The molecule has 0 bridgehead atoms. The van der Waals surface area contributed by atoms with Crippen LogP contribution in [0.2, 0.25) is 0 Å². The van der Waals surface area contributed by atoms with E-state index in [-0.39, 0.29) is 11.8 Å². The van der Waals surface area contributed by atoms with Crippen molar-refractivity contribution < 1.29 is 4.79 Å². The highest BCUT2D eigenvalue weighted by Gasteiger charge is 2.20. The predicted octanol–water partition coefficient (Wildman–Crippen LogP) is 1.22. The van der Waals surface area contributed by atoms with Crippen LogP contribution in [0.15, 0.2) is 0 Å². The van der Waals surface area contributed by atoms with Gasteiger partial charge in [0.15, 0.2) is 0 Å². The zero-order valence-corrected chi connectivity index (χ0v) is 12.3. The third kappa shape index (κ3) is 5.11. The van der Waals surface area contributed by atoms with Crippen molar-refractivity contribution in [3.63, 3.8) is 0 Å². The lowest BCUT2D eigenvalue weighted by atomic mass is 9.97. The highest BCUT2D eigenvalue weighted by molar-refractivity contribution is 5.78. The van der Waals surface area contributed by atoms with Crippen LogP contribution < -0.4 is 10.6 Å². The number of piperidine rings is 2. The van der Waals surface area contributed by atoms with Crippen LogP contribution in [0.5, 0.6) is 0 Å². The Bertz CT molecular complexity index is 277. The first-order valence-electron chi connectivity index (χ1n) is 7.96. The summed E-state index contributed by atoms with van der Waals surface area (Å²) >= 11 is 0. The fraction of sp³-hybridized carbons (Fsp3) is 0.933. The molecule has 19 heavy (non-hydrogen) atoms. The van der Waals surface area contributed by atoms with Gasteiger partial charge in [0.1, 0.15) is 0 Å². The average Bonchev–Trinajstić information content (AvgIpc) is 2.44. The number of nitrogens with one attached hydrogen (secondary N) is 2. The van der Waals surface area contributed by atoms with Crippen molar-refractivity contribution in [1.29, 1.82) is 0 Å². The summed E-state index contributed by atoms with van der Waals surface area (Å²) in [5, 5.41) is 6.41. The second kappa shape index (κ2) is 7.85. The van der Waals surface area contributed by atoms with Crippen molar-refractivity contribution in [2.24, 2.45) is 11.8 Å². The van der Waals surface area contributed by atoms with Crippen molar-refractivity contribution in [2.45, 2.75) is 39.0 Å². The number of hydrogen-bond donors (Lipinski definition) is 2. The van der Waals surface area contributed by atoms with Crippen LogP contribution in [0.1, 0.15) is 39.0 Å². The molecule has 2 fully saturated rings. The van der Waals surface area contributed by atoms with Gasteiger partial charge in [0.05, 0.1) is 0 Å². The van der Waals surface area contributed by atoms with E-state index in [4.69, 9.17) is 0 Å². The number of carbonyl (C=O) groups excluding carboxylic acids is 1. The van der Waals surface area contributed by atoms with Gasteiger partial charge in [-0.15, -0.1) is 0 Å². The van der Waals surface area contributed by atoms with Gasteiger partial charge in [0.25, 0.3) is 0 Å². The molecule has 4 heteroatoms. The summed E-state index contributed by atoms with van der Waals surface area (Å²) in [5.41, 5.74) is 0. The molecule has 0 spiro atoms. The maximum absolute atomic E-state index is 11.9. The molecule has 2 saturated heterocycles. The number of hydrogen-bond acceptors (Lipinski definition) is 3. The molecule has 0 aromatic carbocycles. The van der Waals surface area contributed by atoms with Gasteiger partial charge in [-0.3, -0.25) is 4.79 Å². The minimum atomic E-state index is 0.247. The Kier molecular flexibility index (Phi) is 6.11. The fourth-order valence-corrected chi connectivity index (χ4v) is 3.23. The van der Waals surface area contributed by atoms with Gasteiger partial charge in [-0.25, -0.2) is 0 Å². The van der Waals surface area contributed by atoms with E-state index in [0.29, 0.717) is 0 Å². The maximum atomic E-state index is 11.9. The van der Waals surface area contributed by atoms with Crippen LogP contribution in [0, 0.1) is 11.8 Å². The van der Waals surface area contributed by atoms with E-state index >= 15 is 0 Å². The van der Waals surface area contributed by atoms with E-state index in [1.807, 2.05) is 0 Å². The van der Waals surface area contributed by atoms with E-state index in [9.17, 15) is 4.79 Å². The largest absolute Gasteiger partial charge is 0.356 e. The van der Waals surface area contributed by atoms with Gasteiger partial charge in [-0.2, -0.15) is 0 Å². The summed E-state index contributed by atoms with van der Waals surface area (Å²) in [6.45, 7) is 8.78. The Morgan fingerprint density at radius 1 is 1.32 bits per heavy atom. The Balaban J connectivity index is 1.54. The maximum Gasteiger partial charge on any atom is 0.223 e. The minimum Gasteiger partial charge on any atom is -0.356 e. The normalized spacial score (nSPS) is 26.3. The quantitative estimate of drug-likeness (QED) is 0.736. The molecule has 2 aliphatic heterocycles. The van der Waals surface area contributed by atoms with Crippen LogP contribution >= 0.6 is 0 Å². The smallest absolute Gasteiger partial charge is 0.223 e. The summed E-state index contributed by atoms with van der Waals surface area (Å²) in [6.07, 6.45) is 5.79. The third-order valence-electron chi connectivity index (χ3n) is 4.40. The molecule has 1 atom stereocenters. The van der Waals surface area contributed by atoms with Gasteiger partial charge in [0, 0.05) is 19.0 Å². The van der Waals surface area contributed by atoms with Gasteiger partial charge in [-0.05, 0) is 64.2 Å². The van der Waals surface area contributed by atoms with E-state index in [0.717, 1.165) is 51.4 Å². The summed E-state index contributed by atoms with van der Waals surface area (Å²) in [5.74, 6) is 1.36. The third-order valence-corrected chi connectivity index (χ3v) is 4.40. The molecule has 110 valence electrons. The van der Waals surface area contributed by atoms with Crippen molar-refractivity contribution >= 4 is 5.91 Å². The molecule has 0 aromatic heterocycles. The van der Waals surface area contributed by atoms with Gasteiger partial charge in [0.2, 0.25) is 5.91 Å². The first-order valence-corrected chi connectivity index (χ1v) is 7.96. The fourth-order valence-electron chi connectivity index (χ4n) is 3.23. The van der Waals surface area contributed by atoms with Gasteiger partial charge < -0.3 is 15.5 Å². The molecule has 0 unspecified atom stereocenters. The van der Waals surface area contributed by atoms with Crippen LogP contribution in [0.25, 0.3) is 0 Å². The molecule has 4 nitrogen and oxygen atoms in total. The Hall–Kier alpha value is -0.610. The number of likely N-dealkylation sites (tertiary alicyclic amines) is 1. The van der Waals surface area contributed by atoms with E-state index in [1.54, 1.807) is 0 Å². The Labute approximate surface area is 117 Å². The standard InChI is InChI=1S/C15H29N3O/c1-13-4-2-10-18(12-13)11-3-7-17-15(19)14-5-8-16-9-6-14/h13-14,16H,2-12H2,1H3,(H,17,19)/t13-/m1/s1. The monoisotopic (exact) mass is 267 g/mol. The molecular weight excluding hydrogens is 238 g/mol. The van der Waals surface area contributed by atoms with Crippen LogP contribution in [-0.2, 0) is 4.79 Å². The van der Waals surface area contributed by atoms with Crippen LogP contribution in [0.3, 0.4) is 0 Å². The molecule has 0 saturated carbocycles. The number of rotatable bonds is 5. The van der Waals surface area contributed by atoms with Crippen LogP contribution in [0.4, 0.5) is 0 Å². The van der Waals surface area contributed by atoms with E-state index in [1.165, 1.54) is 25.9 Å². The topological polar surface area (TPSA) is 44.4 Å². The van der Waals surface area contributed by atoms with Crippen molar-refractivity contribution in [1.82, 2.24) is 15.5 Å². The first-order chi connectivity index (χ1) is 9.25. The molecule has 0 aromatic rings. The first kappa shape index (κ1) is 14.8. The molecule has 1 amide bonds. The lowest BCUT2D eigenvalue weighted by molar-refractivity contribution is -0.125. The summed E-state index contributed by atoms with van der Waals surface area (Å²) in [6, 6.07) is 0. The minimum absolute atomic E-state index is 0.247. The van der Waals surface area contributed by atoms with E-state index < -0.39 is 0 Å². The van der Waals surface area contributed by atoms with Crippen LogP contribution in [-0.4, -0.2) is 50.1 Å². The van der Waals surface area contributed by atoms with Crippen molar-refractivity contribution in [2.75, 3.05) is 39.3 Å². The van der Waals surface area contributed by atoms with E-state index in [2.05, 4.69) is 22.5 Å². The molecular formula is C15H29N3O. The Morgan fingerprint density at radius 3 is 2.84 bits per heavy atom. The van der Waals surface area contributed by atoms with Crippen molar-refractivity contribution in [3.8, 4) is 0 Å². The summed E-state index contributed by atoms with van der Waals surface area (Å²) < 4.78 is 0. The van der Waals surface area contributed by atoms with Gasteiger partial charge >= 0.3 is 0 Å². The Morgan fingerprint density at radius 2 is 2.11 bits per heavy atom. The second-order valence-electron chi connectivity index (χ2n) is 6.22. The molecule has 2 rings (SSSR count). The molecule has 2 heterocycles. The molecule has 0 aliphatic carbocycles. The average molecular weight is 267 g/mol. The zero-order chi connectivity index (χ0) is 13.5. The van der Waals surface area contributed by atoms with Gasteiger partial charge in [-0.1, -0.05) is 6.92 Å². The molecule has 2 N–H and O–H groups in total. The summed E-state index contributed by atoms with van der Waals surface area (Å²) in [7, 11) is 0. The zero-order valence-electron chi connectivity index (χ0n) is 12.3. The lowest BCUT2D eigenvalue weighted by Gasteiger charge is -2.30. The highest BCUT2D eigenvalue weighted by Crippen LogP contribution is 2.15. The van der Waals surface area contributed by atoms with Crippen molar-refractivity contribution in [3.05, 3.63) is 0 Å². The predicted molar refractivity (Wildman–Crippen MR) is 78.1 cm³/mol. The second-order valence-corrected chi connectivity index (χ2v) is 6.22. The molecule has 0 radical (unpaired) electrons. The highest BCUT2D eigenvalue weighted by atomic mass is 16.1.